The van der Waals surface area contributed by atoms with Crippen LogP contribution in [0.3, 0.4) is 0 Å². The van der Waals surface area contributed by atoms with Crippen LogP contribution in [0.2, 0.25) is 0 Å². The highest BCUT2D eigenvalue weighted by molar-refractivity contribution is 7.87. The molecule has 6 heteroatoms. The van der Waals surface area contributed by atoms with Gasteiger partial charge in [-0.15, -0.1) is 0 Å². The Balaban J connectivity index is 2.42. The van der Waals surface area contributed by atoms with Crippen molar-refractivity contribution in [3.8, 4) is 0 Å². The summed E-state index contributed by atoms with van der Waals surface area (Å²) in [5.41, 5.74) is 0. The lowest BCUT2D eigenvalue weighted by molar-refractivity contribution is 0.320. The molecule has 1 rings (SSSR count). The minimum absolute atomic E-state index is 0.0807. The summed E-state index contributed by atoms with van der Waals surface area (Å²) in [4.78, 5) is 0. The average molecular weight is 207 g/mol. The molecule has 1 aliphatic rings. The third-order valence-electron chi connectivity index (χ3n) is 2.39. The molecule has 0 radical (unpaired) electrons. The van der Waals surface area contributed by atoms with Gasteiger partial charge in [0.1, 0.15) is 0 Å². The van der Waals surface area contributed by atoms with Crippen LogP contribution in [0, 0.1) is 5.92 Å². The maximum absolute atomic E-state index is 10.7. The lowest BCUT2D eigenvalue weighted by atomic mass is 9.94. The molecule has 13 heavy (non-hydrogen) atoms. The number of nitrogens with two attached hydrogens (primary N) is 1. The smallest absolute Gasteiger partial charge is 0.274 e. The Bertz CT molecular complexity index is 246. The summed E-state index contributed by atoms with van der Waals surface area (Å²) in [7, 11) is -3.55. The van der Waals surface area contributed by atoms with Crippen LogP contribution in [-0.2, 0) is 10.2 Å². The van der Waals surface area contributed by atoms with Crippen molar-refractivity contribution in [1.29, 1.82) is 0 Å². The minimum atomic E-state index is -3.55. The van der Waals surface area contributed by atoms with E-state index in [1.807, 2.05) is 6.92 Å². The van der Waals surface area contributed by atoms with Gasteiger partial charge < -0.3 is 5.32 Å². The number of piperidine rings is 1. The molecule has 0 aromatic heterocycles. The molecule has 2 unspecified atom stereocenters. The first-order valence-corrected chi connectivity index (χ1v) is 6.04. The second-order valence-electron chi connectivity index (χ2n) is 3.56. The predicted molar refractivity (Wildman–Crippen MR) is 51.3 cm³/mol. The van der Waals surface area contributed by atoms with E-state index < -0.39 is 10.2 Å². The van der Waals surface area contributed by atoms with Crippen LogP contribution < -0.4 is 15.2 Å². The zero-order valence-electron chi connectivity index (χ0n) is 7.79. The normalized spacial score (nSPS) is 27.1. The van der Waals surface area contributed by atoms with Gasteiger partial charge >= 0.3 is 0 Å². The lowest BCUT2D eigenvalue weighted by Crippen LogP contribution is -2.46. The van der Waals surface area contributed by atoms with Gasteiger partial charge in [0.25, 0.3) is 10.2 Å². The van der Waals surface area contributed by atoms with Gasteiger partial charge in [0.2, 0.25) is 0 Å². The van der Waals surface area contributed by atoms with E-state index in [2.05, 4.69) is 10.0 Å². The van der Waals surface area contributed by atoms with E-state index in [1.54, 1.807) is 0 Å². The molecular weight excluding hydrogens is 190 g/mol. The molecule has 1 fully saturated rings. The first-order valence-electron chi connectivity index (χ1n) is 4.50. The van der Waals surface area contributed by atoms with Gasteiger partial charge in [0.15, 0.2) is 0 Å². The van der Waals surface area contributed by atoms with Crippen LogP contribution in [0.15, 0.2) is 0 Å². The van der Waals surface area contributed by atoms with Crippen LogP contribution in [0.1, 0.15) is 19.8 Å². The SMILES string of the molecule is CC(NS(N)(=O)=O)C1CCCNC1. The third kappa shape index (κ3) is 4.04. The number of nitrogens with one attached hydrogen (secondary N) is 2. The van der Waals surface area contributed by atoms with Gasteiger partial charge in [-0.25, -0.2) is 5.14 Å². The van der Waals surface area contributed by atoms with E-state index in [0.29, 0.717) is 5.92 Å². The molecule has 5 nitrogen and oxygen atoms in total. The van der Waals surface area contributed by atoms with E-state index in [-0.39, 0.29) is 6.04 Å². The van der Waals surface area contributed by atoms with Crippen LogP contribution in [0.25, 0.3) is 0 Å². The molecule has 0 bridgehead atoms. The van der Waals surface area contributed by atoms with Crippen molar-refractivity contribution in [1.82, 2.24) is 10.0 Å². The molecule has 1 heterocycles. The van der Waals surface area contributed by atoms with E-state index in [4.69, 9.17) is 5.14 Å². The van der Waals surface area contributed by atoms with Gasteiger partial charge in [0.05, 0.1) is 0 Å². The van der Waals surface area contributed by atoms with Gasteiger partial charge in [-0.1, -0.05) is 0 Å². The fourth-order valence-corrected chi connectivity index (χ4v) is 2.37. The Hall–Kier alpha value is -0.170. The molecule has 1 aliphatic heterocycles. The summed E-state index contributed by atoms with van der Waals surface area (Å²) in [6.07, 6.45) is 2.15. The topological polar surface area (TPSA) is 84.2 Å². The molecule has 0 aliphatic carbocycles. The van der Waals surface area contributed by atoms with Crippen LogP contribution in [-0.4, -0.2) is 27.5 Å². The summed E-state index contributed by atoms with van der Waals surface area (Å²) < 4.78 is 23.9. The molecule has 78 valence electrons. The Labute approximate surface area is 79.3 Å². The largest absolute Gasteiger partial charge is 0.316 e. The Morgan fingerprint density at radius 1 is 1.62 bits per heavy atom. The van der Waals surface area contributed by atoms with Crippen LogP contribution in [0.5, 0.6) is 0 Å². The number of hydrogen-bond donors (Lipinski definition) is 3. The van der Waals surface area contributed by atoms with Gasteiger partial charge in [-0.2, -0.15) is 13.1 Å². The van der Waals surface area contributed by atoms with Crippen molar-refractivity contribution in [3.05, 3.63) is 0 Å². The van der Waals surface area contributed by atoms with Crippen molar-refractivity contribution in [2.75, 3.05) is 13.1 Å². The molecule has 1 saturated heterocycles. The second kappa shape index (κ2) is 4.36. The average Bonchev–Trinajstić information content (AvgIpc) is 2.03. The summed E-state index contributed by atoms with van der Waals surface area (Å²) in [6.45, 7) is 3.74. The Morgan fingerprint density at radius 3 is 2.77 bits per heavy atom. The summed E-state index contributed by atoms with van der Waals surface area (Å²) in [5.74, 6) is 0.354. The van der Waals surface area contributed by atoms with E-state index in [9.17, 15) is 8.42 Å². The van der Waals surface area contributed by atoms with Crippen molar-refractivity contribution in [2.24, 2.45) is 11.1 Å². The van der Waals surface area contributed by atoms with Gasteiger partial charge in [-0.05, 0) is 38.8 Å². The minimum Gasteiger partial charge on any atom is -0.316 e. The number of hydrogen-bond acceptors (Lipinski definition) is 3. The fourth-order valence-electron chi connectivity index (χ4n) is 1.66. The van der Waals surface area contributed by atoms with Gasteiger partial charge in [0, 0.05) is 6.04 Å². The quantitative estimate of drug-likeness (QED) is 0.564. The van der Waals surface area contributed by atoms with Crippen molar-refractivity contribution >= 4 is 10.2 Å². The molecule has 0 aromatic carbocycles. The standard InChI is InChI=1S/C7H17N3O2S/c1-6(10-13(8,11)12)7-3-2-4-9-5-7/h6-7,9-10H,2-5H2,1H3,(H2,8,11,12). The third-order valence-corrected chi connectivity index (χ3v) is 3.09. The molecule has 0 aromatic rings. The first-order chi connectivity index (χ1) is 5.99. The van der Waals surface area contributed by atoms with Crippen molar-refractivity contribution in [3.63, 3.8) is 0 Å². The van der Waals surface area contributed by atoms with Gasteiger partial charge in [-0.3, -0.25) is 0 Å². The van der Waals surface area contributed by atoms with E-state index in [1.165, 1.54) is 0 Å². The maximum atomic E-state index is 10.7. The van der Waals surface area contributed by atoms with E-state index in [0.717, 1.165) is 25.9 Å². The molecule has 0 amide bonds. The van der Waals surface area contributed by atoms with Crippen LogP contribution in [0.4, 0.5) is 0 Å². The molecule has 2 atom stereocenters. The first kappa shape index (κ1) is 10.9. The lowest BCUT2D eigenvalue weighted by Gasteiger charge is -2.28. The zero-order valence-corrected chi connectivity index (χ0v) is 8.60. The Morgan fingerprint density at radius 2 is 2.31 bits per heavy atom. The van der Waals surface area contributed by atoms with Crippen molar-refractivity contribution < 1.29 is 8.42 Å². The molecule has 0 spiro atoms. The molecule has 0 saturated carbocycles. The summed E-state index contributed by atoms with van der Waals surface area (Å²) in [6, 6.07) is -0.0807. The number of rotatable bonds is 3. The fraction of sp³-hybridized carbons (Fsp3) is 1.00. The Kier molecular flexibility index (Phi) is 3.66. The highest BCUT2D eigenvalue weighted by atomic mass is 32.2. The highest BCUT2D eigenvalue weighted by Crippen LogP contribution is 2.14. The van der Waals surface area contributed by atoms with Crippen molar-refractivity contribution in [2.45, 2.75) is 25.8 Å². The zero-order chi connectivity index (χ0) is 9.90. The molecule has 4 N–H and O–H groups in total. The highest BCUT2D eigenvalue weighted by Gasteiger charge is 2.21. The predicted octanol–water partition coefficient (Wildman–Crippen LogP) is -0.832. The van der Waals surface area contributed by atoms with Crippen LogP contribution >= 0.6 is 0 Å². The molecular formula is C7H17N3O2S. The monoisotopic (exact) mass is 207 g/mol. The maximum Gasteiger partial charge on any atom is 0.274 e. The second-order valence-corrected chi connectivity index (χ2v) is 4.88. The summed E-state index contributed by atoms with van der Waals surface area (Å²) in [5, 5.41) is 8.11. The summed E-state index contributed by atoms with van der Waals surface area (Å²) >= 11 is 0. The van der Waals surface area contributed by atoms with E-state index >= 15 is 0 Å².